The summed E-state index contributed by atoms with van der Waals surface area (Å²) in [6.45, 7) is 4.07. The molecule has 1 atom stereocenters. The van der Waals surface area contributed by atoms with Gasteiger partial charge in [-0.05, 0) is 42.3 Å². The van der Waals surface area contributed by atoms with E-state index in [0.717, 1.165) is 18.4 Å². The van der Waals surface area contributed by atoms with Gasteiger partial charge >= 0.3 is 0 Å². The molecule has 150 valence electrons. The molecule has 1 fully saturated rings. The Bertz CT molecular complexity index is 794. The van der Waals surface area contributed by atoms with Crippen LogP contribution in [0.15, 0.2) is 42.5 Å². The molecule has 0 N–H and O–H groups in total. The minimum Gasteiger partial charge on any atom is -0.493 e. The summed E-state index contributed by atoms with van der Waals surface area (Å²) < 4.78 is 30.1. The lowest BCUT2D eigenvalue weighted by molar-refractivity contribution is -0.0228. The minimum atomic E-state index is -0.291. The topological polar surface area (TPSA) is 48.0 Å². The van der Waals surface area contributed by atoms with E-state index < -0.39 is 0 Å². The molecule has 0 aromatic heterocycles. The Hall–Kier alpha value is -2.60. The number of benzene rings is 2. The van der Waals surface area contributed by atoms with Crippen molar-refractivity contribution in [2.45, 2.75) is 25.9 Å². The van der Waals surface area contributed by atoms with Gasteiger partial charge in [0.15, 0.2) is 11.5 Å². The van der Waals surface area contributed by atoms with Crippen LogP contribution in [0.2, 0.25) is 0 Å². The first-order valence-corrected chi connectivity index (χ1v) is 9.59. The van der Waals surface area contributed by atoms with Gasteiger partial charge in [-0.15, -0.1) is 0 Å². The maximum Gasteiger partial charge on any atom is 0.254 e. The molecule has 5 nitrogen and oxygen atoms in total. The third-order valence-corrected chi connectivity index (χ3v) is 4.76. The SMILES string of the molecule is CCCCOc1ccc(C(=O)N2CCOC(c3ccc(F)cc3)C2)cc1OC. The fourth-order valence-electron chi connectivity index (χ4n) is 3.14. The Morgan fingerprint density at radius 3 is 2.71 bits per heavy atom. The van der Waals surface area contributed by atoms with E-state index in [1.165, 1.54) is 12.1 Å². The van der Waals surface area contributed by atoms with E-state index >= 15 is 0 Å². The summed E-state index contributed by atoms with van der Waals surface area (Å²) in [5.74, 6) is 0.804. The summed E-state index contributed by atoms with van der Waals surface area (Å²) in [6.07, 6.45) is 1.74. The highest BCUT2D eigenvalue weighted by molar-refractivity contribution is 5.95. The van der Waals surface area contributed by atoms with Gasteiger partial charge < -0.3 is 19.1 Å². The van der Waals surface area contributed by atoms with Crippen LogP contribution in [0.4, 0.5) is 4.39 Å². The molecule has 1 saturated heterocycles. The van der Waals surface area contributed by atoms with Crippen molar-refractivity contribution in [2.24, 2.45) is 0 Å². The quantitative estimate of drug-likeness (QED) is 0.667. The number of hydrogen-bond acceptors (Lipinski definition) is 4. The zero-order valence-corrected chi connectivity index (χ0v) is 16.3. The summed E-state index contributed by atoms with van der Waals surface area (Å²) in [7, 11) is 1.57. The fraction of sp³-hybridized carbons (Fsp3) is 0.409. The normalized spacial score (nSPS) is 16.7. The first kappa shape index (κ1) is 20.1. The predicted octanol–water partition coefficient (Wildman–Crippen LogP) is 4.23. The second-order valence-electron chi connectivity index (χ2n) is 6.73. The van der Waals surface area contributed by atoms with Crippen molar-refractivity contribution >= 4 is 5.91 Å². The van der Waals surface area contributed by atoms with Gasteiger partial charge in [-0.3, -0.25) is 4.79 Å². The number of methoxy groups -OCH3 is 1. The lowest BCUT2D eigenvalue weighted by atomic mass is 10.1. The van der Waals surface area contributed by atoms with Crippen molar-refractivity contribution in [3.8, 4) is 11.5 Å². The molecule has 1 unspecified atom stereocenters. The number of ether oxygens (including phenoxy) is 3. The van der Waals surface area contributed by atoms with E-state index in [9.17, 15) is 9.18 Å². The van der Waals surface area contributed by atoms with Crippen LogP contribution in [0.3, 0.4) is 0 Å². The molecule has 2 aromatic rings. The lowest BCUT2D eigenvalue weighted by Crippen LogP contribution is -2.42. The highest BCUT2D eigenvalue weighted by Gasteiger charge is 2.26. The van der Waals surface area contributed by atoms with Crippen LogP contribution < -0.4 is 9.47 Å². The van der Waals surface area contributed by atoms with E-state index in [-0.39, 0.29) is 17.8 Å². The van der Waals surface area contributed by atoms with Gasteiger partial charge in [-0.2, -0.15) is 0 Å². The summed E-state index contributed by atoms with van der Waals surface area (Å²) in [4.78, 5) is 14.7. The molecule has 1 amide bonds. The average molecular weight is 387 g/mol. The minimum absolute atomic E-state index is 0.0891. The average Bonchev–Trinajstić information content (AvgIpc) is 2.74. The molecule has 6 heteroatoms. The van der Waals surface area contributed by atoms with Gasteiger partial charge in [-0.1, -0.05) is 25.5 Å². The van der Waals surface area contributed by atoms with Crippen LogP contribution in [-0.4, -0.2) is 44.2 Å². The smallest absolute Gasteiger partial charge is 0.254 e. The Balaban J connectivity index is 1.71. The summed E-state index contributed by atoms with van der Waals surface area (Å²) in [5, 5.41) is 0. The first-order chi connectivity index (χ1) is 13.6. The number of amides is 1. The number of unbranched alkanes of at least 4 members (excludes halogenated alkanes) is 1. The van der Waals surface area contributed by atoms with Gasteiger partial charge in [0.2, 0.25) is 0 Å². The number of rotatable bonds is 7. The van der Waals surface area contributed by atoms with Crippen LogP contribution >= 0.6 is 0 Å². The van der Waals surface area contributed by atoms with Crippen molar-refractivity contribution in [1.82, 2.24) is 4.90 Å². The van der Waals surface area contributed by atoms with E-state index in [2.05, 4.69) is 6.92 Å². The molecular formula is C22H26FNO4. The molecule has 0 aliphatic carbocycles. The first-order valence-electron chi connectivity index (χ1n) is 9.59. The van der Waals surface area contributed by atoms with E-state index in [1.54, 1.807) is 42.3 Å². The highest BCUT2D eigenvalue weighted by atomic mass is 19.1. The van der Waals surface area contributed by atoms with Gasteiger partial charge in [0.25, 0.3) is 5.91 Å². The molecule has 28 heavy (non-hydrogen) atoms. The van der Waals surface area contributed by atoms with Crippen molar-refractivity contribution in [1.29, 1.82) is 0 Å². The number of nitrogens with zero attached hydrogens (tertiary/aromatic N) is 1. The molecule has 0 bridgehead atoms. The molecule has 0 spiro atoms. The second-order valence-corrected chi connectivity index (χ2v) is 6.73. The largest absolute Gasteiger partial charge is 0.493 e. The Kier molecular flexibility index (Phi) is 6.87. The van der Waals surface area contributed by atoms with Crippen LogP contribution in [0.5, 0.6) is 11.5 Å². The van der Waals surface area contributed by atoms with Crippen molar-refractivity contribution in [3.63, 3.8) is 0 Å². The monoisotopic (exact) mass is 387 g/mol. The molecule has 1 aliphatic heterocycles. The van der Waals surface area contributed by atoms with Crippen molar-refractivity contribution < 1.29 is 23.4 Å². The molecule has 0 radical (unpaired) electrons. The maximum atomic E-state index is 13.2. The highest BCUT2D eigenvalue weighted by Crippen LogP contribution is 2.30. The molecule has 2 aromatic carbocycles. The van der Waals surface area contributed by atoms with E-state index in [4.69, 9.17) is 14.2 Å². The van der Waals surface area contributed by atoms with Gasteiger partial charge in [0.1, 0.15) is 11.9 Å². The zero-order chi connectivity index (χ0) is 19.9. The Labute approximate surface area is 165 Å². The van der Waals surface area contributed by atoms with Gasteiger partial charge in [0.05, 0.1) is 26.9 Å². The molecule has 1 aliphatic rings. The van der Waals surface area contributed by atoms with Crippen LogP contribution in [0.1, 0.15) is 41.8 Å². The second kappa shape index (κ2) is 9.55. The van der Waals surface area contributed by atoms with Gasteiger partial charge in [0, 0.05) is 12.1 Å². The summed E-state index contributed by atoms with van der Waals surface area (Å²) >= 11 is 0. The number of carbonyl (C=O) groups excluding carboxylic acids is 1. The fourth-order valence-corrected chi connectivity index (χ4v) is 3.14. The Morgan fingerprint density at radius 2 is 2.00 bits per heavy atom. The zero-order valence-electron chi connectivity index (χ0n) is 16.3. The van der Waals surface area contributed by atoms with Crippen LogP contribution in [0, 0.1) is 5.82 Å². The van der Waals surface area contributed by atoms with E-state index in [0.29, 0.717) is 43.4 Å². The number of morpholine rings is 1. The van der Waals surface area contributed by atoms with Crippen molar-refractivity contribution in [3.05, 3.63) is 59.4 Å². The molecular weight excluding hydrogens is 361 g/mol. The Morgan fingerprint density at radius 1 is 1.21 bits per heavy atom. The predicted molar refractivity (Wildman–Crippen MR) is 104 cm³/mol. The molecule has 3 rings (SSSR count). The number of carbonyl (C=O) groups is 1. The van der Waals surface area contributed by atoms with E-state index in [1.807, 2.05) is 0 Å². The third-order valence-electron chi connectivity index (χ3n) is 4.76. The van der Waals surface area contributed by atoms with Crippen molar-refractivity contribution in [2.75, 3.05) is 33.4 Å². The van der Waals surface area contributed by atoms with Crippen LogP contribution in [0.25, 0.3) is 0 Å². The number of halogens is 1. The van der Waals surface area contributed by atoms with Crippen LogP contribution in [-0.2, 0) is 4.74 Å². The third kappa shape index (κ3) is 4.81. The summed E-state index contributed by atoms with van der Waals surface area (Å²) in [6, 6.07) is 11.4. The standard InChI is InChI=1S/C22H26FNO4/c1-3-4-12-27-19-10-7-17(14-20(19)26-2)22(25)24-11-13-28-21(15-24)16-5-8-18(23)9-6-16/h5-10,14,21H,3-4,11-13,15H2,1-2H3. The van der Waals surface area contributed by atoms with Gasteiger partial charge in [-0.25, -0.2) is 4.39 Å². The molecule has 0 saturated carbocycles. The summed E-state index contributed by atoms with van der Waals surface area (Å²) in [5.41, 5.74) is 1.40. The number of hydrogen-bond donors (Lipinski definition) is 0. The molecule has 1 heterocycles. The lowest BCUT2D eigenvalue weighted by Gasteiger charge is -2.33. The maximum absolute atomic E-state index is 13.2.